The number of benzene rings is 9. The molecule has 0 atom stereocenters. The molecule has 3 aromatic heterocycles. The van der Waals surface area contributed by atoms with Gasteiger partial charge in [-0.15, -0.1) is 22.7 Å². The summed E-state index contributed by atoms with van der Waals surface area (Å²) in [5, 5.41) is 7.43. The van der Waals surface area contributed by atoms with Gasteiger partial charge in [0, 0.05) is 62.7 Å². The van der Waals surface area contributed by atoms with Crippen LogP contribution in [0.3, 0.4) is 0 Å². The molecule has 0 radical (unpaired) electrons. The third kappa shape index (κ3) is 5.30. The second kappa shape index (κ2) is 13.3. The highest BCUT2D eigenvalue weighted by Gasteiger charge is 2.23. The average molecular weight is 776 g/mol. The van der Waals surface area contributed by atoms with Crippen molar-refractivity contribution in [2.24, 2.45) is 0 Å². The molecule has 0 aliphatic heterocycles. The Hall–Kier alpha value is -6.98. The Morgan fingerprint density at radius 2 is 0.966 bits per heavy atom. The Balaban J connectivity index is 1.01. The highest BCUT2D eigenvalue weighted by Crippen LogP contribution is 2.47. The van der Waals surface area contributed by atoms with Crippen LogP contribution in [0.5, 0.6) is 0 Å². The lowest BCUT2D eigenvalue weighted by Crippen LogP contribution is -2.10. The SMILES string of the molecule is c1ccc(N(c2ccc(-c3cccc4sc5ccccc5c34)cc2)c2ccc(-c3cccc(-c4ccc5sc6ccccc6c5c4)c3)c3oc4ccccc4c23)cc1. The van der Waals surface area contributed by atoms with Crippen molar-refractivity contribution in [3.8, 4) is 33.4 Å². The highest BCUT2D eigenvalue weighted by atomic mass is 32.1. The zero-order chi connectivity index (χ0) is 38.2. The van der Waals surface area contributed by atoms with Gasteiger partial charge >= 0.3 is 0 Å². The summed E-state index contributed by atoms with van der Waals surface area (Å²) in [4.78, 5) is 2.37. The summed E-state index contributed by atoms with van der Waals surface area (Å²) in [7, 11) is 0. The van der Waals surface area contributed by atoms with Gasteiger partial charge in [-0.25, -0.2) is 0 Å². The summed E-state index contributed by atoms with van der Waals surface area (Å²) in [6.07, 6.45) is 0. The van der Waals surface area contributed by atoms with Crippen LogP contribution in [-0.4, -0.2) is 0 Å². The van der Waals surface area contributed by atoms with Crippen molar-refractivity contribution in [3.05, 3.63) is 200 Å². The maximum absolute atomic E-state index is 6.86. The number of hydrogen-bond donors (Lipinski definition) is 0. The van der Waals surface area contributed by atoms with Crippen molar-refractivity contribution in [3.63, 3.8) is 0 Å². The molecular formula is C54H33NOS2. The second-order valence-corrected chi connectivity index (χ2v) is 17.0. The zero-order valence-electron chi connectivity index (χ0n) is 31.2. The fraction of sp³-hybridized carbons (Fsp3) is 0. The van der Waals surface area contributed by atoms with Crippen LogP contribution < -0.4 is 4.90 Å². The van der Waals surface area contributed by atoms with Crippen LogP contribution in [0, 0.1) is 0 Å². The van der Waals surface area contributed by atoms with Gasteiger partial charge in [-0.05, 0) is 107 Å². The van der Waals surface area contributed by atoms with E-state index in [2.05, 4.69) is 205 Å². The van der Waals surface area contributed by atoms with Gasteiger partial charge in [-0.3, -0.25) is 0 Å². The zero-order valence-corrected chi connectivity index (χ0v) is 32.9. The van der Waals surface area contributed by atoms with Crippen LogP contribution in [0.2, 0.25) is 0 Å². The average Bonchev–Trinajstić information content (AvgIpc) is 3.99. The molecule has 2 nitrogen and oxygen atoms in total. The van der Waals surface area contributed by atoms with Crippen LogP contribution in [0.1, 0.15) is 0 Å². The third-order valence-corrected chi connectivity index (χ3v) is 13.8. The standard InChI is InChI=1S/C54H33NOS2/c1-2-14-38(15-3-1)55(39-27-24-34(25-28-39)40-19-11-23-51-52(40)44-18-6-9-22-49(44)58-51)46-30-29-41(54-53(46)43-17-4-7-20-47(43)56-54)37-13-10-12-35(32-37)36-26-31-50-45(33-36)42-16-5-8-21-48(42)57-50/h1-33H. The first-order valence-electron chi connectivity index (χ1n) is 19.6. The smallest absolute Gasteiger partial charge is 0.145 e. The van der Waals surface area contributed by atoms with E-state index < -0.39 is 0 Å². The van der Waals surface area contributed by atoms with Crippen LogP contribution in [0.15, 0.2) is 205 Å². The Morgan fingerprint density at radius 1 is 0.345 bits per heavy atom. The molecule has 12 aromatic rings. The van der Waals surface area contributed by atoms with Crippen molar-refractivity contribution in [1.29, 1.82) is 0 Å². The van der Waals surface area contributed by atoms with E-state index in [4.69, 9.17) is 4.42 Å². The molecule has 0 amide bonds. The first kappa shape index (κ1) is 33.2. The third-order valence-electron chi connectivity index (χ3n) is 11.5. The molecule has 4 heteroatoms. The van der Waals surface area contributed by atoms with Crippen LogP contribution in [-0.2, 0) is 0 Å². The minimum Gasteiger partial charge on any atom is -0.455 e. The monoisotopic (exact) mass is 775 g/mol. The van der Waals surface area contributed by atoms with Crippen molar-refractivity contribution in [2.75, 3.05) is 4.90 Å². The Kier molecular flexibility index (Phi) is 7.62. The number of anilines is 3. The Morgan fingerprint density at radius 3 is 1.83 bits per heavy atom. The molecule has 0 aliphatic rings. The van der Waals surface area contributed by atoms with Crippen LogP contribution in [0.25, 0.3) is 95.7 Å². The molecule has 0 unspecified atom stereocenters. The van der Waals surface area contributed by atoms with Crippen molar-refractivity contribution >= 4 is 102 Å². The second-order valence-electron chi connectivity index (χ2n) is 14.8. The van der Waals surface area contributed by atoms with Crippen molar-refractivity contribution in [2.45, 2.75) is 0 Å². The maximum Gasteiger partial charge on any atom is 0.145 e. The van der Waals surface area contributed by atoms with Gasteiger partial charge in [-0.1, -0.05) is 121 Å². The minimum atomic E-state index is 0.872. The Bertz CT molecular complexity index is 3520. The summed E-state index contributed by atoms with van der Waals surface area (Å²) in [5.74, 6) is 0. The summed E-state index contributed by atoms with van der Waals surface area (Å²) >= 11 is 3.71. The molecule has 9 aromatic carbocycles. The van der Waals surface area contributed by atoms with Gasteiger partial charge in [0.25, 0.3) is 0 Å². The van der Waals surface area contributed by atoms with Gasteiger partial charge in [0.05, 0.1) is 11.1 Å². The number of para-hydroxylation sites is 2. The predicted octanol–water partition coefficient (Wildman–Crippen LogP) is 16.8. The molecule has 0 spiro atoms. The van der Waals surface area contributed by atoms with E-state index in [0.29, 0.717) is 0 Å². The molecule has 0 aliphatic carbocycles. The normalized spacial score (nSPS) is 11.8. The summed E-state index contributed by atoms with van der Waals surface area (Å²) < 4.78 is 12.1. The molecule has 0 saturated carbocycles. The lowest BCUT2D eigenvalue weighted by atomic mass is 9.96. The van der Waals surface area contributed by atoms with Gasteiger partial charge < -0.3 is 9.32 Å². The number of fused-ring (bicyclic) bond motifs is 9. The van der Waals surface area contributed by atoms with Crippen molar-refractivity contribution < 1.29 is 4.42 Å². The molecule has 0 saturated heterocycles. The lowest BCUT2D eigenvalue weighted by Gasteiger charge is -2.27. The van der Waals surface area contributed by atoms with E-state index in [1.807, 2.05) is 22.7 Å². The largest absolute Gasteiger partial charge is 0.455 e. The number of furan rings is 1. The van der Waals surface area contributed by atoms with Crippen LogP contribution in [0.4, 0.5) is 17.1 Å². The fourth-order valence-corrected chi connectivity index (χ4v) is 11.0. The molecule has 0 bridgehead atoms. The first-order chi connectivity index (χ1) is 28.7. The highest BCUT2D eigenvalue weighted by molar-refractivity contribution is 7.26. The first-order valence-corrected chi connectivity index (χ1v) is 21.2. The van der Waals surface area contributed by atoms with E-state index in [0.717, 1.165) is 50.1 Å². The molecular weight excluding hydrogens is 743 g/mol. The number of thiophene rings is 2. The van der Waals surface area contributed by atoms with Gasteiger partial charge in [-0.2, -0.15) is 0 Å². The molecule has 58 heavy (non-hydrogen) atoms. The quantitative estimate of drug-likeness (QED) is 0.167. The number of nitrogens with zero attached hydrogens (tertiary/aromatic N) is 1. The molecule has 3 heterocycles. The molecule has 12 rings (SSSR count). The predicted molar refractivity (Wildman–Crippen MR) is 250 cm³/mol. The molecule has 0 N–H and O–H groups in total. The topological polar surface area (TPSA) is 16.4 Å². The Labute approximate surface area is 343 Å². The van der Waals surface area contributed by atoms with Crippen molar-refractivity contribution in [1.82, 2.24) is 0 Å². The number of rotatable bonds is 6. The maximum atomic E-state index is 6.86. The lowest BCUT2D eigenvalue weighted by molar-refractivity contribution is 0.670. The minimum absolute atomic E-state index is 0.872. The van der Waals surface area contributed by atoms with E-state index in [9.17, 15) is 0 Å². The van der Waals surface area contributed by atoms with Gasteiger partial charge in [0.15, 0.2) is 0 Å². The summed E-state index contributed by atoms with van der Waals surface area (Å²) in [6.45, 7) is 0. The van der Waals surface area contributed by atoms with E-state index in [1.165, 1.54) is 62.6 Å². The fourth-order valence-electron chi connectivity index (χ4n) is 8.81. The van der Waals surface area contributed by atoms with Gasteiger partial charge in [0.2, 0.25) is 0 Å². The van der Waals surface area contributed by atoms with E-state index >= 15 is 0 Å². The summed E-state index contributed by atoms with van der Waals surface area (Å²) in [5.41, 5.74) is 12.0. The van der Waals surface area contributed by atoms with E-state index in [1.54, 1.807) is 0 Å². The van der Waals surface area contributed by atoms with Gasteiger partial charge in [0.1, 0.15) is 11.2 Å². The van der Waals surface area contributed by atoms with Crippen LogP contribution >= 0.6 is 22.7 Å². The van der Waals surface area contributed by atoms with E-state index in [-0.39, 0.29) is 0 Å². The summed E-state index contributed by atoms with van der Waals surface area (Å²) in [6, 6.07) is 72.5. The number of hydrogen-bond acceptors (Lipinski definition) is 4. The molecule has 0 fully saturated rings. The molecule has 272 valence electrons.